The van der Waals surface area contributed by atoms with E-state index in [2.05, 4.69) is 10.1 Å². The van der Waals surface area contributed by atoms with Crippen molar-refractivity contribution in [3.63, 3.8) is 0 Å². The molecular weight excluding hydrogens is 424 g/mol. The first kappa shape index (κ1) is 21.1. The van der Waals surface area contributed by atoms with Crippen LogP contribution >= 0.6 is 0 Å². The number of sulfonamides is 1. The van der Waals surface area contributed by atoms with E-state index in [1.54, 1.807) is 22.9 Å². The number of methoxy groups -OCH3 is 1. The standard InChI is InChI=1S/C20H22N4O6S/c1-12-10-23(31(28,29)19-6-3-13(25)9-21-19)11-18(12)24-17-7-14(30-2)4-5-15(17)16(22-24)8-20(26)27/h3-7,9,12,18,25H,8,10-11H2,1-2H3,(H,26,27)/t12-,18+/m1/s1. The average Bonchev–Trinajstić information content (AvgIpc) is 3.28. The van der Waals surface area contributed by atoms with Crippen LogP contribution in [-0.4, -0.2) is 63.9 Å². The van der Waals surface area contributed by atoms with Crippen LogP contribution in [0.4, 0.5) is 0 Å². The van der Waals surface area contributed by atoms with Gasteiger partial charge in [0.1, 0.15) is 11.5 Å². The van der Waals surface area contributed by atoms with E-state index >= 15 is 0 Å². The summed E-state index contributed by atoms with van der Waals surface area (Å²) in [4.78, 5) is 15.2. The lowest BCUT2D eigenvalue weighted by atomic mass is 10.1. The second-order valence-electron chi connectivity index (χ2n) is 7.57. The van der Waals surface area contributed by atoms with Crippen LogP contribution in [0, 0.1) is 5.92 Å². The third kappa shape index (κ3) is 3.81. The number of hydrogen-bond donors (Lipinski definition) is 2. The molecule has 31 heavy (non-hydrogen) atoms. The molecule has 1 aliphatic rings. The van der Waals surface area contributed by atoms with Crippen LogP contribution in [0.5, 0.6) is 11.5 Å². The number of benzene rings is 1. The molecule has 1 saturated heterocycles. The molecule has 2 N–H and O–H groups in total. The van der Waals surface area contributed by atoms with Crippen molar-refractivity contribution in [3.05, 3.63) is 42.2 Å². The maximum Gasteiger partial charge on any atom is 0.309 e. The molecule has 4 rings (SSSR count). The van der Waals surface area contributed by atoms with Gasteiger partial charge in [0.05, 0.1) is 37.0 Å². The molecule has 3 aromatic rings. The molecule has 2 aromatic heterocycles. The molecule has 0 bridgehead atoms. The Morgan fingerprint density at radius 3 is 2.68 bits per heavy atom. The minimum absolute atomic E-state index is 0.0844. The molecule has 3 heterocycles. The molecule has 11 heteroatoms. The highest BCUT2D eigenvalue weighted by atomic mass is 32.2. The van der Waals surface area contributed by atoms with Gasteiger partial charge in [0, 0.05) is 24.5 Å². The first-order chi connectivity index (χ1) is 14.7. The second kappa shape index (κ2) is 7.82. The van der Waals surface area contributed by atoms with E-state index in [0.29, 0.717) is 22.3 Å². The lowest BCUT2D eigenvalue weighted by molar-refractivity contribution is -0.136. The number of nitrogens with zero attached hydrogens (tertiary/aromatic N) is 4. The molecular formula is C20H22N4O6S. The highest BCUT2D eigenvalue weighted by molar-refractivity contribution is 7.89. The fourth-order valence-corrected chi connectivity index (χ4v) is 5.39. The van der Waals surface area contributed by atoms with Gasteiger partial charge >= 0.3 is 5.97 Å². The van der Waals surface area contributed by atoms with Crippen molar-refractivity contribution in [2.75, 3.05) is 20.2 Å². The Labute approximate surface area is 178 Å². The molecule has 1 fully saturated rings. The summed E-state index contributed by atoms with van der Waals surface area (Å²) in [5, 5.41) is 23.8. The first-order valence-electron chi connectivity index (χ1n) is 9.63. The SMILES string of the molecule is COc1ccc2c(CC(=O)O)nn([C@H]3CN(S(=O)(=O)c4ccc(O)cn4)C[C@H]3C)c2c1. The molecule has 0 aliphatic carbocycles. The van der Waals surface area contributed by atoms with Crippen molar-refractivity contribution in [2.45, 2.75) is 24.4 Å². The van der Waals surface area contributed by atoms with E-state index in [4.69, 9.17) is 4.74 Å². The average molecular weight is 446 g/mol. The van der Waals surface area contributed by atoms with Gasteiger partial charge in [-0.2, -0.15) is 9.40 Å². The number of aromatic hydroxyl groups is 1. The maximum atomic E-state index is 13.0. The summed E-state index contributed by atoms with van der Waals surface area (Å²) >= 11 is 0. The highest BCUT2D eigenvalue weighted by Crippen LogP contribution is 2.35. The summed E-state index contributed by atoms with van der Waals surface area (Å²) in [7, 11) is -2.32. The van der Waals surface area contributed by atoms with Gasteiger partial charge in [0.25, 0.3) is 10.0 Å². The van der Waals surface area contributed by atoms with Crippen LogP contribution in [0.1, 0.15) is 18.7 Å². The monoisotopic (exact) mass is 446 g/mol. The fraction of sp³-hybridized carbons (Fsp3) is 0.350. The van der Waals surface area contributed by atoms with Gasteiger partial charge in [-0.1, -0.05) is 6.92 Å². The Morgan fingerprint density at radius 1 is 1.26 bits per heavy atom. The van der Waals surface area contributed by atoms with E-state index in [0.717, 1.165) is 6.20 Å². The summed E-state index contributed by atoms with van der Waals surface area (Å²) in [5.41, 5.74) is 1.10. The largest absolute Gasteiger partial charge is 0.506 e. The van der Waals surface area contributed by atoms with Crippen molar-refractivity contribution in [1.29, 1.82) is 0 Å². The highest BCUT2D eigenvalue weighted by Gasteiger charge is 2.40. The van der Waals surface area contributed by atoms with Crippen molar-refractivity contribution in [1.82, 2.24) is 19.1 Å². The number of carbonyl (C=O) groups is 1. The van der Waals surface area contributed by atoms with Gasteiger partial charge < -0.3 is 14.9 Å². The zero-order valence-electron chi connectivity index (χ0n) is 17.0. The zero-order valence-corrected chi connectivity index (χ0v) is 17.8. The van der Waals surface area contributed by atoms with E-state index in [9.17, 15) is 23.4 Å². The molecule has 1 aromatic carbocycles. The third-order valence-electron chi connectivity index (χ3n) is 5.49. The van der Waals surface area contributed by atoms with E-state index < -0.39 is 16.0 Å². The van der Waals surface area contributed by atoms with E-state index in [-0.39, 0.29) is 42.2 Å². The predicted octanol–water partition coefficient (Wildman–Crippen LogP) is 1.65. The molecule has 0 saturated carbocycles. The van der Waals surface area contributed by atoms with Gasteiger partial charge in [-0.25, -0.2) is 13.4 Å². The van der Waals surface area contributed by atoms with Crippen LogP contribution in [0.25, 0.3) is 10.9 Å². The number of aromatic nitrogens is 3. The molecule has 164 valence electrons. The number of pyridine rings is 1. The molecule has 1 aliphatic heterocycles. The molecule has 10 nitrogen and oxygen atoms in total. The van der Waals surface area contributed by atoms with Gasteiger partial charge in [0.2, 0.25) is 0 Å². The first-order valence-corrected chi connectivity index (χ1v) is 11.1. The summed E-state index contributed by atoms with van der Waals surface area (Å²) < 4.78 is 34.4. The number of carboxylic acid groups (broad SMARTS) is 1. The van der Waals surface area contributed by atoms with E-state index in [1.165, 1.54) is 23.5 Å². The summed E-state index contributed by atoms with van der Waals surface area (Å²) in [6.07, 6.45) is 0.853. The molecule has 2 atom stereocenters. The van der Waals surface area contributed by atoms with E-state index in [1.807, 2.05) is 6.92 Å². The predicted molar refractivity (Wildman–Crippen MR) is 110 cm³/mol. The molecule has 0 spiro atoms. The maximum absolute atomic E-state index is 13.0. The van der Waals surface area contributed by atoms with Gasteiger partial charge in [-0.15, -0.1) is 0 Å². The quantitative estimate of drug-likeness (QED) is 0.584. The molecule has 0 unspecified atom stereocenters. The van der Waals surface area contributed by atoms with Crippen molar-refractivity contribution >= 4 is 26.9 Å². The lowest BCUT2D eigenvalue weighted by Crippen LogP contribution is -2.30. The topological polar surface area (TPSA) is 135 Å². The van der Waals surface area contributed by atoms with Crippen LogP contribution in [0.2, 0.25) is 0 Å². The number of aliphatic carboxylic acids is 1. The Hall–Kier alpha value is -3.18. The number of ether oxygens (including phenoxy) is 1. The molecule has 0 amide bonds. The minimum Gasteiger partial charge on any atom is -0.506 e. The minimum atomic E-state index is -3.86. The summed E-state index contributed by atoms with van der Waals surface area (Å²) in [6, 6.07) is 7.53. The lowest BCUT2D eigenvalue weighted by Gasteiger charge is -2.17. The molecule has 0 radical (unpaired) electrons. The Morgan fingerprint density at radius 2 is 2.03 bits per heavy atom. The Bertz CT molecular complexity index is 1240. The van der Waals surface area contributed by atoms with Crippen LogP contribution in [0.15, 0.2) is 41.6 Å². The van der Waals surface area contributed by atoms with Crippen LogP contribution < -0.4 is 4.74 Å². The number of carboxylic acids is 1. The Kier molecular flexibility index (Phi) is 5.31. The van der Waals surface area contributed by atoms with Crippen LogP contribution in [-0.2, 0) is 21.2 Å². The number of rotatable bonds is 6. The number of fused-ring (bicyclic) bond motifs is 1. The third-order valence-corrected chi connectivity index (χ3v) is 7.24. The van der Waals surface area contributed by atoms with Gasteiger partial charge in [0.15, 0.2) is 5.03 Å². The second-order valence-corrected chi connectivity index (χ2v) is 9.45. The van der Waals surface area contributed by atoms with Crippen LogP contribution in [0.3, 0.4) is 0 Å². The van der Waals surface area contributed by atoms with Crippen molar-refractivity contribution in [3.8, 4) is 11.5 Å². The van der Waals surface area contributed by atoms with Crippen molar-refractivity contribution in [2.24, 2.45) is 5.92 Å². The normalized spacial score (nSPS) is 19.7. The Balaban J connectivity index is 1.73. The fourth-order valence-electron chi connectivity index (χ4n) is 3.91. The number of hydrogen-bond acceptors (Lipinski definition) is 7. The summed E-state index contributed by atoms with van der Waals surface area (Å²) in [6.45, 7) is 2.34. The zero-order chi connectivity index (χ0) is 22.3. The van der Waals surface area contributed by atoms with Gasteiger partial charge in [-0.3, -0.25) is 9.48 Å². The smallest absolute Gasteiger partial charge is 0.309 e. The van der Waals surface area contributed by atoms with Gasteiger partial charge in [-0.05, 0) is 30.2 Å². The summed E-state index contributed by atoms with van der Waals surface area (Å²) in [5.74, 6) is -0.600. The van der Waals surface area contributed by atoms with Crippen molar-refractivity contribution < 1.29 is 28.2 Å².